The van der Waals surface area contributed by atoms with Crippen LogP contribution in [0.25, 0.3) is 0 Å². The van der Waals surface area contributed by atoms with Crippen molar-refractivity contribution in [2.45, 2.75) is 58.2 Å². The van der Waals surface area contributed by atoms with Gasteiger partial charge in [-0.15, -0.1) is 0 Å². The monoisotopic (exact) mass is 424 g/mol. The molecule has 1 saturated heterocycles. The van der Waals surface area contributed by atoms with E-state index in [1.54, 1.807) is 18.2 Å². The van der Waals surface area contributed by atoms with E-state index in [0.717, 1.165) is 43.9 Å². The lowest BCUT2D eigenvalue weighted by Gasteiger charge is -2.36. The summed E-state index contributed by atoms with van der Waals surface area (Å²) in [5, 5.41) is -0.336. The highest BCUT2D eigenvalue weighted by Crippen LogP contribution is 2.31. The molecule has 0 bridgehead atoms. The molecule has 1 unspecified atom stereocenters. The maximum atomic E-state index is 12.4. The Hall–Kier alpha value is -1.31. The summed E-state index contributed by atoms with van der Waals surface area (Å²) < 4.78 is 37.8. The van der Waals surface area contributed by atoms with Crippen molar-refractivity contribution in [1.29, 1.82) is 0 Å². The van der Waals surface area contributed by atoms with E-state index in [2.05, 4.69) is 30.9 Å². The van der Waals surface area contributed by atoms with Gasteiger partial charge in [0.15, 0.2) is 11.5 Å². The number of fused-ring (bicyclic) bond motifs is 1. The Morgan fingerprint density at radius 3 is 2.38 bits per heavy atom. The number of nitrogens with zero attached hydrogens (tertiary/aromatic N) is 2. The van der Waals surface area contributed by atoms with Crippen LogP contribution in [-0.4, -0.2) is 68.3 Å². The smallest absolute Gasteiger partial charge is 0.216 e. The van der Waals surface area contributed by atoms with Gasteiger partial charge < -0.3 is 14.4 Å². The summed E-state index contributed by atoms with van der Waals surface area (Å²) in [4.78, 5) is 2.52. The SMILES string of the molecule is CCN(CC1CCN(S(=O)(=O)C(C)C)CC1)C(C)Cc1ccc2c(c1)OCCO2. The summed E-state index contributed by atoms with van der Waals surface area (Å²) in [6, 6.07) is 6.67. The summed E-state index contributed by atoms with van der Waals surface area (Å²) in [5.74, 6) is 2.24. The third-order valence-corrected chi connectivity index (χ3v) is 8.47. The largest absolute Gasteiger partial charge is 0.486 e. The van der Waals surface area contributed by atoms with Crippen LogP contribution >= 0.6 is 0 Å². The van der Waals surface area contributed by atoms with Crippen molar-refractivity contribution in [3.05, 3.63) is 23.8 Å². The van der Waals surface area contributed by atoms with Crippen LogP contribution in [0.1, 0.15) is 46.1 Å². The zero-order valence-electron chi connectivity index (χ0n) is 18.3. The molecule has 0 radical (unpaired) electrons. The first-order chi connectivity index (χ1) is 13.8. The lowest BCUT2D eigenvalue weighted by molar-refractivity contribution is 0.151. The van der Waals surface area contributed by atoms with Crippen molar-refractivity contribution in [2.24, 2.45) is 5.92 Å². The van der Waals surface area contributed by atoms with Crippen molar-refractivity contribution >= 4 is 10.0 Å². The standard InChI is InChI=1S/C22H36N2O4S/c1-5-23(16-19-8-10-24(11-9-19)29(25,26)17(2)3)18(4)14-20-6-7-21-22(15-20)28-13-12-27-21/h6-7,15,17-19H,5,8-14,16H2,1-4H3. The van der Waals surface area contributed by atoms with E-state index in [1.807, 2.05) is 6.07 Å². The number of benzene rings is 1. The molecule has 29 heavy (non-hydrogen) atoms. The number of sulfonamides is 1. The highest BCUT2D eigenvalue weighted by atomic mass is 32.2. The van der Waals surface area contributed by atoms with Gasteiger partial charge in [-0.05, 0) is 70.2 Å². The molecular weight excluding hydrogens is 388 g/mol. The Balaban J connectivity index is 1.54. The van der Waals surface area contributed by atoms with E-state index in [9.17, 15) is 8.42 Å². The summed E-state index contributed by atoms with van der Waals surface area (Å²) in [6.45, 7) is 12.6. The van der Waals surface area contributed by atoms with Gasteiger partial charge in [-0.25, -0.2) is 12.7 Å². The van der Waals surface area contributed by atoms with E-state index in [4.69, 9.17) is 9.47 Å². The van der Waals surface area contributed by atoms with E-state index >= 15 is 0 Å². The van der Waals surface area contributed by atoms with Gasteiger partial charge in [0.2, 0.25) is 10.0 Å². The Kier molecular flexibility index (Phi) is 7.46. The maximum absolute atomic E-state index is 12.4. The maximum Gasteiger partial charge on any atom is 0.216 e. The molecule has 2 heterocycles. The second-order valence-electron chi connectivity index (χ2n) is 8.55. The molecule has 0 N–H and O–H groups in total. The van der Waals surface area contributed by atoms with Crippen LogP contribution in [0.4, 0.5) is 0 Å². The Bertz CT molecular complexity index is 773. The average Bonchev–Trinajstić information content (AvgIpc) is 2.72. The molecule has 0 spiro atoms. The molecule has 6 nitrogen and oxygen atoms in total. The van der Waals surface area contributed by atoms with E-state index in [1.165, 1.54) is 5.56 Å². The molecular formula is C22H36N2O4S. The Morgan fingerprint density at radius 2 is 1.76 bits per heavy atom. The molecule has 0 saturated carbocycles. The molecule has 1 aromatic carbocycles. The minimum Gasteiger partial charge on any atom is -0.486 e. The lowest BCUT2D eigenvalue weighted by atomic mass is 9.96. The van der Waals surface area contributed by atoms with E-state index in [0.29, 0.717) is 38.3 Å². The molecule has 0 aromatic heterocycles. The summed E-state index contributed by atoms with van der Waals surface area (Å²) in [6.07, 6.45) is 2.85. The molecule has 1 atom stereocenters. The van der Waals surface area contributed by atoms with Crippen molar-refractivity contribution in [2.75, 3.05) is 39.4 Å². The molecule has 164 valence electrons. The van der Waals surface area contributed by atoms with Gasteiger partial charge in [-0.1, -0.05) is 13.0 Å². The first kappa shape index (κ1) is 22.4. The minimum absolute atomic E-state index is 0.336. The first-order valence-corrected chi connectivity index (χ1v) is 12.4. The third-order valence-electron chi connectivity index (χ3n) is 6.19. The van der Waals surface area contributed by atoms with Crippen LogP contribution in [0.2, 0.25) is 0 Å². The number of hydrogen-bond donors (Lipinski definition) is 0. The number of piperidine rings is 1. The molecule has 2 aliphatic rings. The number of likely N-dealkylation sites (N-methyl/N-ethyl adjacent to an activating group) is 1. The first-order valence-electron chi connectivity index (χ1n) is 10.9. The van der Waals surface area contributed by atoms with Gasteiger partial charge in [0, 0.05) is 25.7 Å². The molecule has 2 aliphatic heterocycles. The minimum atomic E-state index is -3.12. The molecule has 1 aromatic rings. The van der Waals surface area contributed by atoms with Gasteiger partial charge in [-0.2, -0.15) is 0 Å². The van der Waals surface area contributed by atoms with Gasteiger partial charge in [0.05, 0.1) is 5.25 Å². The fraction of sp³-hybridized carbons (Fsp3) is 0.727. The number of rotatable bonds is 8. The van der Waals surface area contributed by atoms with Crippen LogP contribution in [0.3, 0.4) is 0 Å². The quantitative estimate of drug-likeness (QED) is 0.642. The normalized spacial score (nSPS) is 19.7. The fourth-order valence-electron chi connectivity index (χ4n) is 4.28. The highest BCUT2D eigenvalue weighted by Gasteiger charge is 2.31. The Labute approximate surface area is 176 Å². The lowest BCUT2D eigenvalue weighted by Crippen LogP contribution is -2.45. The van der Waals surface area contributed by atoms with E-state index < -0.39 is 10.0 Å². The number of ether oxygens (including phenoxy) is 2. The summed E-state index contributed by atoms with van der Waals surface area (Å²) in [7, 11) is -3.12. The van der Waals surface area contributed by atoms with Gasteiger partial charge in [0.1, 0.15) is 13.2 Å². The molecule has 0 amide bonds. The van der Waals surface area contributed by atoms with Gasteiger partial charge in [-0.3, -0.25) is 0 Å². The molecule has 7 heteroatoms. The fourth-order valence-corrected chi connectivity index (χ4v) is 5.60. The summed E-state index contributed by atoms with van der Waals surface area (Å²) in [5.41, 5.74) is 1.26. The zero-order chi connectivity index (χ0) is 21.0. The van der Waals surface area contributed by atoms with Crippen molar-refractivity contribution in [3.63, 3.8) is 0 Å². The summed E-state index contributed by atoms with van der Waals surface area (Å²) >= 11 is 0. The zero-order valence-corrected chi connectivity index (χ0v) is 19.1. The van der Waals surface area contributed by atoms with Crippen molar-refractivity contribution < 1.29 is 17.9 Å². The predicted octanol–water partition coefficient (Wildman–Crippen LogP) is 3.16. The van der Waals surface area contributed by atoms with Crippen LogP contribution in [0.5, 0.6) is 11.5 Å². The third kappa shape index (κ3) is 5.44. The van der Waals surface area contributed by atoms with Crippen molar-refractivity contribution in [1.82, 2.24) is 9.21 Å². The predicted molar refractivity (Wildman–Crippen MR) is 116 cm³/mol. The van der Waals surface area contributed by atoms with Gasteiger partial charge in [0.25, 0.3) is 0 Å². The van der Waals surface area contributed by atoms with E-state index in [-0.39, 0.29) is 5.25 Å². The number of hydrogen-bond acceptors (Lipinski definition) is 5. The Morgan fingerprint density at radius 1 is 1.10 bits per heavy atom. The second-order valence-corrected chi connectivity index (χ2v) is 11.0. The van der Waals surface area contributed by atoms with Crippen LogP contribution < -0.4 is 9.47 Å². The molecule has 3 rings (SSSR count). The van der Waals surface area contributed by atoms with Crippen LogP contribution in [-0.2, 0) is 16.4 Å². The van der Waals surface area contributed by atoms with Crippen LogP contribution in [0, 0.1) is 5.92 Å². The van der Waals surface area contributed by atoms with Crippen molar-refractivity contribution in [3.8, 4) is 11.5 Å². The topological polar surface area (TPSA) is 59.1 Å². The average molecular weight is 425 g/mol. The van der Waals surface area contributed by atoms with Gasteiger partial charge >= 0.3 is 0 Å². The molecule has 1 fully saturated rings. The highest BCUT2D eigenvalue weighted by molar-refractivity contribution is 7.89. The van der Waals surface area contributed by atoms with Crippen LogP contribution in [0.15, 0.2) is 18.2 Å². The second kappa shape index (κ2) is 9.67. The molecule has 0 aliphatic carbocycles.